The van der Waals surface area contributed by atoms with Crippen LogP contribution in [0.4, 0.5) is 0 Å². The van der Waals surface area contributed by atoms with Crippen molar-refractivity contribution in [1.82, 2.24) is 10.2 Å². The van der Waals surface area contributed by atoms with Crippen LogP contribution in [0.3, 0.4) is 0 Å². The minimum Gasteiger partial charge on any atom is -0.378 e. The van der Waals surface area contributed by atoms with Gasteiger partial charge in [0.1, 0.15) is 0 Å². The zero-order chi connectivity index (χ0) is 18.7. The molecular weight excluding hydrogens is 356 g/mol. The number of morpholine rings is 1. The first kappa shape index (κ1) is 18.8. The Kier molecular flexibility index (Phi) is 5.62. The zero-order valence-corrected chi connectivity index (χ0v) is 15.6. The second-order valence-corrected chi connectivity index (χ2v) is 8.94. The molecule has 1 heterocycles. The normalized spacial score (nSPS) is 26.5. The molecule has 3 atom stereocenters. The molecule has 1 aliphatic carbocycles. The molecule has 26 heavy (non-hydrogen) atoms. The lowest BCUT2D eigenvalue weighted by atomic mass is 9.93. The molecule has 0 spiro atoms. The lowest BCUT2D eigenvalue weighted by molar-refractivity contribution is -0.144. The third-order valence-corrected chi connectivity index (χ3v) is 7.44. The van der Waals surface area contributed by atoms with E-state index in [1.54, 1.807) is 35.2 Å². The van der Waals surface area contributed by atoms with Crippen LogP contribution in [-0.2, 0) is 24.2 Å². The predicted octanol–water partition coefficient (Wildman–Crippen LogP) is 0.460. The number of carbonyl (C=O) groups excluding carboxylic acids is 2. The predicted molar refractivity (Wildman–Crippen MR) is 95.1 cm³/mol. The van der Waals surface area contributed by atoms with Crippen LogP contribution in [0.25, 0.3) is 0 Å². The van der Waals surface area contributed by atoms with E-state index >= 15 is 0 Å². The summed E-state index contributed by atoms with van der Waals surface area (Å²) >= 11 is 0. The van der Waals surface area contributed by atoms with Gasteiger partial charge in [0.05, 0.1) is 35.2 Å². The van der Waals surface area contributed by atoms with Crippen LogP contribution in [0.5, 0.6) is 0 Å². The standard InChI is InChI=1S/C18H24N2O5S/c1-19-17(21)15-11-14(26(23,24)13-5-3-2-4-6-13)12-16(15)18(22)20-7-9-25-10-8-20/h2-6,14-16H,7-12H2,1H3,(H,19,21)/t14-,15-,16-/m1/s1. The lowest BCUT2D eigenvalue weighted by Gasteiger charge is -2.30. The largest absolute Gasteiger partial charge is 0.378 e. The maximum atomic E-state index is 13.0. The van der Waals surface area contributed by atoms with Gasteiger partial charge < -0.3 is 15.0 Å². The first-order chi connectivity index (χ1) is 12.4. The van der Waals surface area contributed by atoms with E-state index in [1.165, 1.54) is 7.05 Å². The van der Waals surface area contributed by atoms with Gasteiger partial charge in [0.2, 0.25) is 11.8 Å². The number of nitrogens with one attached hydrogen (secondary N) is 1. The highest BCUT2D eigenvalue weighted by Crippen LogP contribution is 2.39. The third kappa shape index (κ3) is 3.61. The zero-order valence-electron chi connectivity index (χ0n) is 14.8. The fourth-order valence-corrected chi connectivity index (χ4v) is 5.66. The van der Waals surface area contributed by atoms with Crippen molar-refractivity contribution >= 4 is 21.7 Å². The quantitative estimate of drug-likeness (QED) is 0.819. The topological polar surface area (TPSA) is 92.8 Å². The Morgan fingerprint density at radius 3 is 2.31 bits per heavy atom. The molecule has 0 aromatic heterocycles. The number of sulfone groups is 1. The molecule has 2 fully saturated rings. The summed E-state index contributed by atoms with van der Waals surface area (Å²) in [4.78, 5) is 27.2. The number of amides is 2. The fraction of sp³-hybridized carbons (Fsp3) is 0.556. The fourth-order valence-electron chi connectivity index (χ4n) is 3.81. The summed E-state index contributed by atoms with van der Waals surface area (Å²) in [6.45, 7) is 1.89. The molecule has 2 aliphatic rings. The molecule has 3 rings (SSSR count). The van der Waals surface area contributed by atoms with E-state index in [2.05, 4.69) is 5.32 Å². The van der Waals surface area contributed by atoms with Crippen molar-refractivity contribution in [1.29, 1.82) is 0 Å². The summed E-state index contributed by atoms with van der Waals surface area (Å²) in [5.74, 6) is -1.66. The molecule has 8 heteroatoms. The van der Waals surface area contributed by atoms with Gasteiger partial charge in [0.15, 0.2) is 9.84 Å². The molecule has 1 aromatic rings. The Morgan fingerprint density at radius 1 is 1.08 bits per heavy atom. The summed E-state index contributed by atoms with van der Waals surface area (Å²) in [6.07, 6.45) is 0.336. The number of benzene rings is 1. The van der Waals surface area contributed by atoms with Crippen molar-refractivity contribution in [3.8, 4) is 0 Å². The van der Waals surface area contributed by atoms with E-state index in [4.69, 9.17) is 4.74 Å². The smallest absolute Gasteiger partial charge is 0.226 e. The van der Waals surface area contributed by atoms with Crippen LogP contribution in [0.2, 0.25) is 0 Å². The van der Waals surface area contributed by atoms with E-state index in [9.17, 15) is 18.0 Å². The van der Waals surface area contributed by atoms with Gasteiger partial charge in [-0.3, -0.25) is 9.59 Å². The maximum absolute atomic E-state index is 13.0. The molecule has 1 aromatic carbocycles. The van der Waals surface area contributed by atoms with E-state index < -0.39 is 26.9 Å². The van der Waals surface area contributed by atoms with Gasteiger partial charge in [-0.05, 0) is 25.0 Å². The number of hydrogen-bond donors (Lipinski definition) is 1. The molecule has 1 saturated heterocycles. The Bertz CT molecular complexity index is 759. The van der Waals surface area contributed by atoms with E-state index in [0.29, 0.717) is 26.3 Å². The summed E-state index contributed by atoms with van der Waals surface area (Å²) < 4.78 is 31.2. The monoisotopic (exact) mass is 380 g/mol. The van der Waals surface area contributed by atoms with Crippen LogP contribution >= 0.6 is 0 Å². The summed E-state index contributed by atoms with van der Waals surface area (Å²) in [7, 11) is -2.07. The van der Waals surface area contributed by atoms with Crippen molar-refractivity contribution in [2.45, 2.75) is 23.0 Å². The average Bonchev–Trinajstić information content (AvgIpc) is 3.14. The van der Waals surface area contributed by atoms with Crippen LogP contribution in [0.1, 0.15) is 12.8 Å². The number of hydrogen-bond acceptors (Lipinski definition) is 5. The van der Waals surface area contributed by atoms with Gasteiger partial charge >= 0.3 is 0 Å². The second-order valence-electron chi connectivity index (χ2n) is 6.72. The third-order valence-electron chi connectivity index (χ3n) is 5.25. The number of ether oxygens (including phenoxy) is 1. The summed E-state index contributed by atoms with van der Waals surface area (Å²) in [6, 6.07) is 8.22. The molecule has 2 amide bonds. The number of carbonyl (C=O) groups is 2. The van der Waals surface area contributed by atoms with Gasteiger partial charge in [-0.1, -0.05) is 18.2 Å². The molecule has 0 unspecified atom stereocenters. The van der Waals surface area contributed by atoms with Crippen LogP contribution < -0.4 is 5.32 Å². The molecule has 1 aliphatic heterocycles. The molecule has 1 N–H and O–H groups in total. The van der Waals surface area contributed by atoms with Gasteiger partial charge in [-0.2, -0.15) is 0 Å². The van der Waals surface area contributed by atoms with Crippen LogP contribution in [0, 0.1) is 11.8 Å². The van der Waals surface area contributed by atoms with Crippen LogP contribution in [0.15, 0.2) is 35.2 Å². The SMILES string of the molecule is CNC(=O)[C@@H]1C[C@@H](S(=O)(=O)c2ccccc2)C[C@H]1C(=O)N1CCOCC1. The minimum absolute atomic E-state index is 0.146. The number of nitrogens with zero attached hydrogens (tertiary/aromatic N) is 1. The molecule has 7 nitrogen and oxygen atoms in total. The first-order valence-electron chi connectivity index (χ1n) is 8.82. The first-order valence-corrected chi connectivity index (χ1v) is 10.4. The summed E-state index contributed by atoms with van der Waals surface area (Å²) in [5.41, 5.74) is 0. The Hall–Kier alpha value is -1.93. The van der Waals surface area contributed by atoms with Gasteiger partial charge in [-0.15, -0.1) is 0 Å². The molecule has 0 bridgehead atoms. The highest BCUT2D eigenvalue weighted by molar-refractivity contribution is 7.92. The summed E-state index contributed by atoms with van der Waals surface area (Å²) in [5, 5.41) is 1.84. The van der Waals surface area contributed by atoms with Crippen molar-refractivity contribution in [2.75, 3.05) is 33.4 Å². The van der Waals surface area contributed by atoms with E-state index in [-0.39, 0.29) is 29.6 Å². The van der Waals surface area contributed by atoms with Gasteiger partial charge in [0, 0.05) is 20.1 Å². The Balaban J connectivity index is 1.85. The molecule has 1 saturated carbocycles. The Labute approximate surface area is 153 Å². The van der Waals surface area contributed by atoms with E-state index in [1.807, 2.05) is 0 Å². The average molecular weight is 380 g/mol. The molecular formula is C18H24N2O5S. The number of rotatable bonds is 4. The van der Waals surface area contributed by atoms with E-state index in [0.717, 1.165) is 0 Å². The van der Waals surface area contributed by atoms with Crippen molar-refractivity contribution < 1.29 is 22.7 Å². The van der Waals surface area contributed by atoms with Crippen LogP contribution in [-0.4, -0.2) is 63.7 Å². The lowest BCUT2D eigenvalue weighted by Crippen LogP contribution is -2.46. The van der Waals surface area contributed by atoms with Crippen molar-refractivity contribution in [3.05, 3.63) is 30.3 Å². The maximum Gasteiger partial charge on any atom is 0.226 e. The molecule has 142 valence electrons. The highest BCUT2D eigenvalue weighted by atomic mass is 32.2. The Morgan fingerprint density at radius 2 is 1.69 bits per heavy atom. The van der Waals surface area contributed by atoms with Gasteiger partial charge in [-0.25, -0.2) is 8.42 Å². The van der Waals surface area contributed by atoms with Crippen molar-refractivity contribution in [3.63, 3.8) is 0 Å². The minimum atomic E-state index is -3.59. The van der Waals surface area contributed by atoms with Crippen molar-refractivity contribution in [2.24, 2.45) is 11.8 Å². The highest BCUT2D eigenvalue weighted by Gasteiger charge is 2.48. The van der Waals surface area contributed by atoms with Gasteiger partial charge in [0.25, 0.3) is 0 Å². The second kappa shape index (κ2) is 7.75. The molecule has 0 radical (unpaired) electrons.